The van der Waals surface area contributed by atoms with Crippen molar-refractivity contribution in [2.24, 2.45) is 0 Å². The van der Waals surface area contributed by atoms with Gasteiger partial charge in [-0.1, -0.05) is 0 Å². The van der Waals surface area contributed by atoms with Crippen molar-refractivity contribution < 1.29 is 22.7 Å². The summed E-state index contributed by atoms with van der Waals surface area (Å²) in [4.78, 5) is 17.8. The van der Waals surface area contributed by atoms with Crippen LogP contribution < -0.4 is 4.74 Å². The lowest BCUT2D eigenvalue weighted by Gasteiger charge is -2.07. The molecule has 1 aromatic heterocycles. The summed E-state index contributed by atoms with van der Waals surface area (Å²) in [5, 5.41) is 0. The average Bonchev–Trinajstić information content (AvgIpc) is 2.14. The van der Waals surface area contributed by atoms with Crippen LogP contribution in [-0.4, -0.2) is 28.5 Å². The Bertz CT molecular complexity index is 365. The first-order valence-corrected chi connectivity index (χ1v) is 3.91. The lowest BCUT2D eigenvalue weighted by atomic mass is 10.3. The molecule has 82 valence electrons. The van der Waals surface area contributed by atoms with Gasteiger partial charge in [0.25, 0.3) is 0 Å². The molecule has 0 saturated heterocycles. The van der Waals surface area contributed by atoms with Crippen LogP contribution in [0.15, 0.2) is 12.4 Å². The minimum Gasteiger partial charge on any atom is -0.468 e. The molecule has 0 atom stereocenters. The maximum Gasteiger partial charge on any atom is 0.422 e. The van der Waals surface area contributed by atoms with E-state index in [1.165, 1.54) is 6.92 Å². The molecule has 0 unspecified atom stereocenters. The SMILES string of the molecule is CC(=O)c1cc(OCC(F)(F)F)ncn1. The molecule has 7 heteroatoms. The summed E-state index contributed by atoms with van der Waals surface area (Å²) in [6.45, 7) is -0.197. The minimum absolute atomic E-state index is 0.0159. The highest BCUT2D eigenvalue weighted by Crippen LogP contribution is 2.16. The molecule has 0 aliphatic heterocycles. The normalized spacial score (nSPS) is 11.2. The van der Waals surface area contributed by atoms with Crippen LogP contribution in [0.5, 0.6) is 5.88 Å². The van der Waals surface area contributed by atoms with Crippen LogP contribution in [0.3, 0.4) is 0 Å². The predicted octanol–water partition coefficient (Wildman–Crippen LogP) is 1.62. The van der Waals surface area contributed by atoms with Crippen molar-refractivity contribution in [3.8, 4) is 5.88 Å². The van der Waals surface area contributed by atoms with Gasteiger partial charge in [-0.25, -0.2) is 9.97 Å². The zero-order valence-corrected chi connectivity index (χ0v) is 7.71. The molecule has 0 N–H and O–H groups in total. The van der Waals surface area contributed by atoms with Crippen LogP contribution >= 0.6 is 0 Å². The van der Waals surface area contributed by atoms with Crippen molar-refractivity contribution in [1.29, 1.82) is 0 Å². The Morgan fingerprint density at radius 2 is 2.13 bits per heavy atom. The van der Waals surface area contributed by atoms with Crippen molar-refractivity contribution in [3.05, 3.63) is 18.1 Å². The summed E-state index contributed by atoms with van der Waals surface area (Å²) in [6.07, 6.45) is -3.45. The first-order valence-electron chi connectivity index (χ1n) is 3.91. The third-order valence-corrected chi connectivity index (χ3v) is 1.39. The molecule has 0 aliphatic rings. The van der Waals surface area contributed by atoms with E-state index in [0.29, 0.717) is 0 Å². The van der Waals surface area contributed by atoms with Crippen molar-refractivity contribution >= 4 is 5.78 Å². The second kappa shape index (κ2) is 4.24. The van der Waals surface area contributed by atoms with Crippen LogP contribution in [0.4, 0.5) is 13.2 Å². The molecule has 1 rings (SSSR count). The van der Waals surface area contributed by atoms with Crippen molar-refractivity contribution in [2.75, 3.05) is 6.61 Å². The van der Waals surface area contributed by atoms with Gasteiger partial charge in [0.1, 0.15) is 12.0 Å². The van der Waals surface area contributed by atoms with Gasteiger partial charge in [-0.05, 0) is 0 Å². The first-order chi connectivity index (χ1) is 6.88. The average molecular weight is 220 g/mol. The quantitative estimate of drug-likeness (QED) is 0.726. The molecule has 15 heavy (non-hydrogen) atoms. The summed E-state index contributed by atoms with van der Waals surface area (Å²) in [5.74, 6) is -0.637. The zero-order valence-electron chi connectivity index (χ0n) is 7.71. The molecule has 0 aliphatic carbocycles. The Kier molecular flexibility index (Phi) is 3.23. The van der Waals surface area contributed by atoms with Crippen LogP contribution in [0.25, 0.3) is 0 Å². The van der Waals surface area contributed by atoms with E-state index in [4.69, 9.17) is 0 Å². The highest BCUT2D eigenvalue weighted by molar-refractivity contribution is 5.92. The second-order valence-electron chi connectivity index (χ2n) is 2.70. The molecular formula is C8H7F3N2O2. The van der Waals surface area contributed by atoms with Gasteiger partial charge in [0.05, 0.1) is 0 Å². The number of aromatic nitrogens is 2. The van der Waals surface area contributed by atoms with E-state index in [1.54, 1.807) is 0 Å². The van der Waals surface area contributed by atoms with Gasteiger partial charge >= 0.3 is 6.18 Å². The van der Waals surface area contributed by atoms with Gasteiger partial charge in [0, 0.05) is 13.0 Å². The maximum absolute atomic E-state index is 11.8. The Morgan fingerprint density at radius 1 is 1.47 bits per heavy atom. The molecule has 4 nitrogen and oxygen atoms in total. The minimum atomic E-state index is -4.43. The summed E-state index contributed by atoms with van der Waals surface area (Å²) < 4.78 is 39.6. The molecule has 0 amide bonds. The summed E-state index contributed by atoms with van der Waals surface area (Å²) in [7, 11) is 0. The van der Waals surface area contributed by atoms with Gasteiger partial charge in [0.2, 0.25) is 5.88 Å². The monoisotopic (exact) mass is 220 g/mol. The van der Waals surface area contributed by atoms with E-state index in [1.807, 2.05) is 0 Å². The third kappa shape index (κ3) is 3.92. The summed E-state index contributed by atoms with van der Waals surface area (Å²) >= 11 is 0. The lowest BCUT2D eigenvalue weighted by Crippen LogP contribution is -2.19. The number of Topliss-reactive ketones (excluding diaryl/α,β-unsaturated/α-hetero) is 1. The number of carbonyl (C=O) groups is 1. The zero-order chi connectivity index (χ0) is 11.5. The third-order valence-electron chi connectivity index (χ3n) is 1.39. The summed E-state index contributed by atoms with van der Waals surface area (Å²) in [6, 6.07) is 1.06. The van der Waals surface area contributed by atoms with Crippen LogP contribution in [-0.2, 0) is 0 Å². The number of carbonyl (C=O) groups excluding carboxylic acids is 1. The van der Waals surface area contributed by atoms with Gasteiger partial charge in [0.15, 0.2) is 12.4 Å². The highest BCUT2D eigenvalue weighted by atomic mass is 19.4. The number of nitrogens with zero attached hydrogens (tertiary/aromatic N) is 2. The number of alkyl halides is 3. The lowest BCUT2D eigenvalue weighted by molar-refractivity contribution is -0.154. The van der Waals surface area contributed by atoms with E-state index in [-0.39, 0.29) is 17.4 Å². The number of halogens is 3. The number of hydrogen-bond donors (Lipinski definition) is 0. The fraction of sp³-hybridized carbons (Fsp3) is 0.375. The first kappa shape index (κ1) is 11.4. The van der Waals surface area contributed by atoms with E-state index < -0.39 is 12.8 Å². The van der Waals surface area contributed by atoms with Gasteiger partial charge < -0.3 is 4.74 Å². The molecule has 0 radical (unpaired) electrons. The summed E-state index contributed by atoms with van der Waals surface area (Å²) in [5.41, 5.74) is 0.0159. The van der Waals surface area contributed by atoms with Crippen molar-refractivity contribution in [3.63, 3.8) is 0 Å². The fourth-order valence-corrected chi connectivity index (χ4v) is 0.767. The fourth-order valence-electron chi connectivity index (χ4n) is 0.767. The van der Waals surface area contributed by atoms with E-state index in [2.05, 4.69) is 14.7 Å². The van der Waals surface area contributed by atoms with Gasteiger partial charge in [-0.15, -0.1) is 0 Å². The van der Waals surface area contributed by atoms with E-state index >= 15 is 0 Å². The molecule has 0 bridgehead atoms. The molecule has 0 aromatic carbocycles. The van der Waals surface area contributed by atoms with E-state index in [0.717, 1.165) is 12.4 Å². The number of ketones is 1. The molecule has 0 saturated carbocycles. The maximum atomic E-state index is 11.8. The Hall–Kier alpha value is -1.66. The smallest absolute Gasteiger partial charge is 0.422 e. The molecule has 1 aromatic rings. The Balaban J connectivity index is 2.70. The van der Waals surface area contributed by atoms with Crippen molar-refractivity contribution in [1.82, 2.24) is 9.97 Å². The molecule has 0 fully saturated rings. The van der Waals surface area contributed by atoms with Crippen LogP contribution in [0, 0.1) is 0 Å². The topological polar surface area (TPSA) is 52.1 Å². The van der Waals surface area contributed by atoms with Gasteiger partial charge in [-0.2, -0.15) is 13.2 Å². The molecule has 1 heterocycles. The number of rotatable bonds is 3. The number of hydrogen-bond acceptors (Lipinski definition) is 4. The molecular weight excluding hydrogens is 213 g/mol. The van der Waals surface area contributed by atoms with Crippen LogP contribution in [0.2, 0.25) is 0 Å². The largest absolute Gasteiger partial charge is 0.468 e. The molecule has 0 spiro atoms. The van der Waals surface area contributed by atoms with Gasteiger partial charge in [-0.3, -0.25) is 4.79 Å². The van der Waals surface area contributed by atoms with Crippen molar-refractivity contribution in [2.45, 2.75) is 13.1 Å². The Morgan fingerprint density at radius 3 is 2.67 bits per heavy atom. The standard InChI is InChI=1S/C8H7F3N2O2/c1-5(14)6-2-7(13-4-12-6)15-3-8(9,10)11/h2,4H,3H2,1H3. The van der Waals surface area contributed by atoms with E-state index in [9.17, 15) is 18.0 Å². The van der Waals surface area contributed by atoms with Crippen LogP contribution in [0.1, 0.15) is 17.4 Å². The highest BCUT2D eigenvalue weighted by Gasteiger charge is 2.28. The second-order valence-corrected chi connectivity index (χ2v) is 2.70. The number of ether oxygens (including phenoxy) is 1. The Labute approximate surface area is 83.1 Å². The predicted molar refractivity (Wildman–Crippen MR) is 43.6 cm³/mol.